The van der Waals surface area contributed by atoms with Crippen LogP contribution in [0.5, 0.6) is 0 Å². The molecule has 0 radical (unpaired) electrons. The number of benzene rings is 3. The highest BCUT2D eigenvalue weighted by atomic mass is 32.2. The summed E-state index contributed by atoms with van der Waals surface area (Å²) in [5, 5.41) is 3.13. The van der Waals surface area contributed by atoms with Gasteiger partial charge in [0.2, 0.25) is 0 Å². The van der Waals surface area contributed by atoms with Crippen LogP contribution < -0.4 is 5.32 Å². The van der Waals surface area contributed by atoms with Gasteiger partial charge in [-0.15, -0.1) is 0 Å². The molecule has 1 amide bonds. The Morgan fingerprint density at radius 2 is 1.59 bits per heavy atom. The third-order valence-corrected chi connectivity index (χ3v) is 7.05. The molecule has 0 saturated carbocycles. The topological polar surface area (TPSA) is 63.2 Å². The largest absolute Gasteiger partial charge is 0.345 e. The second kappa shape index (κ2) is 8.21. The molecule has 1 aliphatic rings. The van der Waals surface area contributed by atoms with E-state index in [4.69, 9.17) is 0 Å². The third-order valence-electron chi connectivity index (χ3n) is 5.35. The highest BCUT2D eigenvalue weighted by molar-refractivity contribution is 7.90. The van der Waals surface area contributed by atoms with E-state index in [1.54, 1.807) is 54.6 Å². The van der Waals surface area contributed by atoms with Gasteiger partial charge in [0.25, 0.3) is 5.91 Å². The lowest BCUT2D eigenvalue weighted by atomic mass is 9.87. The molecule has 3 aromatic rings. The van der Waals surface area contributed by atoms with E-state index in [0.717, 1.165) is 19.3 Å². The van der Waals surface area contributed by atoms with Crippen molar-refractivity contribution in [1.82, 2.24) is 5.32 Å². The zero-order valence-electron chi connectivity index (χ0n) is 16.0. The molecule has 3 aromatic carbocycles. The van der Waals surface area contributed by atoms with Gasteiger partial charge in [-0.2, -0.15) is 0 Å². The second-order valence-corrected chi connectivity index (χ2v) is 9.38. The summed E-state index contributed by atoms with van der Waals surface area (Å²) in [5.41, 5.74) is 3.69. The van der Waals surface area contributed by atoms with Crippen molar-refractivity contribution in [2.75, 3.05) is 0 Å². The lowest BCUT2D eigenvalue weighted by molar-refractivity contribution is 0.0932. The van der Waals surface area contributed by atoms with Crippen molar-refractivity contribution in [3.05, 3.63) is 101 Å². The highest BCUT2D eigenvalue weighted by Crippen LogP contribution is 2.29. The first-order chi connectivity index (χ1) is 14.0. The van der Waals surface area contributed by atoms with Crippen molar-refractivity contribution in [2.45, 2.75) is 36.0 Å². The summed E-state index contributed by atoms with van der Waals surface area (Å²) >= 11 is 0. The Morgan fingerprint density at radius 1 is 0.897 bits per heavy atom. The first-order valence-corrected chi connectivity index (χ1v) is 11.4. The van der Waals surface area contributed by atoms with Crippen molar-refractivity contribution >= 4 is 15.7 Å². The summed E-state index contributed by atoms with van der Waals surface area (Å²) in [7, 11) is -3.40. The molecule has 0 unspecified atom stereocenters. The number of aryl methyl sites for hydroxylation is 1. The maximum atomic E-state index is 12.7. The molecule has 4 nitrogen and oxygen atoms in total. The fraction of sp³-hybridized carbons (Fsp3) is 0.208. The van der Waals surface area contributed by atoms with Gasteiger partial charge in [-0.3, -0.25) is 4.79 Å². The molecule has 1 atom stereocenters. The minimum atomic E-state index is -3.40. The average molecular weight is 406 g/mol. The molecule has 0 heterocycles. The molecule has 148 valence electrons. The number of nitrogens with one attached hydrogen (secondary N) is 1. The summed E-state index contributed by atoms with van der Waals surface area (Å²) in [6, 6.07) is 23.5. The number of hydrogen-bond acceptors (Lipinski definition) is 3. The van der Waals surface area contributed by atoms with Crippen LogP contribution in [0.15, 0.2) is 83.8 Å². The van der Waals surface area contributed by atoms with Gasteiger partial charge in [0.1, 0.15) is 0 Å². The molecule has 0 aliphatic heterocycles. The molecule has 5 heteroatoms. The molecule has 0 aromatic heterocycles. The molecule has 0 saturated heterocycles. The van der Waals surface area contributed by atoms with E-state index in [1.165, 1.54) is 11.1 Å². The van der Waals surface area contributed by atoms with E-state index in [-0.39, 0.29) is 17.7 Å². The zero-order valence-corrected chi connectivity index (χ0v) is 16.9. The van der Waals surface area contributed by atoms with Crippen LogP contribution in [0.1, 0.15) is 45.9 Å². The molecule has 0 fully saturated rings. The minimum Gasteiger partial charge on any atom is -0.345 e. The van der Waals surface area contributed by atoms with Gasteiger partial charge >= 0.3 is 0 Å². The fourth-order valence-corrected chi connectivity index (χ4v) is 5.20. The lowest BCUT2D eigenvalue weighted by Gasteiger charge is -2.26. The van der Waals surface area contributed by atoms with Crippen molar-refractivity contribution in [3.8, 4) is 0 Å². The first-order valence-electron chi connectivity index (χ1n) is 9.78. The Labute approximate surface area is 171 Å². The van der Waals surface area contributed by atoms with Crippen molar-refractivity contribution < 1.29 is 13.2 Å². The Hall–Kier alpha value is -2.92. The number of carbonyl (C=O) groups is 1. The Bertz CT molecular complexity index is 1110. The average Bonchev–Trinajstić information content (AvgIpc) is 2.75. The highest BCUT2D eigenvalue weighted by Gasteiger charge is 2.22. The Morgan fingerprint density at radius 3 is 2.34 bits per heavy atom. The SMILES string of the molecule is O=C(N[C@@H]1CCCc2ccccc21)c1ccc(CS(=O)(=O)c2ccccc2)cc1. The number of fused-ring (bicyclic) bond motifs is 1. The molecule has 29 heavy (non-hydrogen) atoms. The molecule has 0 bridgehead atoms. The monoisotopic (exact) mass is 405 g/mol. The van der Waals surface area contributed by atoms with Gasteiger partial charge in [0, 0.05) is 5.56 Å². The first kappa shape index (κ1) is 19.4. The Balaban J connectivity index is 1.45. The van der Waals surface area contributed by atoms with Crippen LogP contribution in [0.25, 0.3) is 0 Å². The summed E-state index contributed by atoms with van der Waals surface area (Å²) in [4.78, 5) is 13.0. The zero-order chi connectivity index (χ0) is 20.3. The van der Waals surface area contributed by atoms with Gasteiger partial charge in [-0.25, -0.2) is 8.42 Å². The van der Waals surface area contributed by atoms with Crippen LogP contribution in [0.3, 0.4) is 0 Å². The Kier molecular flexibility index (Phi) is 5.49. The summed E-state index contributed by atoms with van der Waals surface area (Å²) in [5.74, 6) is -0.223. The lowest BCUT2D eigenvalue weighted by Crippen LogP contribution is -2.30. The number of hydrogen-bond donors (Lipinski definition) is 1. The van der Waals surface area contributed by atoms with E-state index in [1.807, 2.05) is 12.1 Å². The molecule has 1 N–H and O–H groups in total. The van der Waals surface area contributed by atoms with Crippen molar-refractivity contribution in [1.29, 1.82) is 0 Å². The van der Waals surface area contributed by atoms with Crippen LogP contribution >= 0.6 is 0 Å². The van der Waals surface area contributed by atoms with Crippen LogP contribution in [0.4, 0.5) is 0 Å². The molecule has 1 aliphatic carbocycles. The van der Waals surface area contributed by atoms with Gasteiger partial charge in [0.15, 0.2) is 9.84 Å². The van der Waals surface area contributed by atoms with Crippen LogP contribution in [0, 0.1) is 0 Å². The maximum Gasteiger partial charge on any atom is 0.251 e. The quantitative estimate of drug-likeness (QED) is 0.681. The standard InChI is InChI=1S/C24H23NO3S/c26-24(25-23-12-6-8-19-7-4-5-11-22(19)23)20-15-13-18(14-16-20)17-29(27,28)21-9-2-1-3-10-21/h1-5,7,9-11,13-16,23H,6,8,12,17H2,(H,25,26)/t23-/m1/s1. The maximum absolute atomic E-state index is 12.7. The summed E-state index contributed by atoms with van der Waals surface area (Å²) in [6.07, 6.45) is 3.03. The third kappa shape index (κ3) is 4.40. The number of carbonyl (C=O) groups excluding carboxylic acids is 1. The van der Waals surface area contributed by atoms with E-state index in [9.17, 15) is 13.2 Å². The van der Waals surface area contributed by atoms with Gasteiger partial charge in [-0.05, 0) is 60.2 Å². The minimum absolute atomic E-state index is 0.0191. The predicted molar refractivity (Wildman–Crippen MR) is 113 cm³/mol. The van der Waals surface area contributed by atoms with Gasteiger partial charge in [-0.1, -0.05) is 54.6 Å². The summed E-state index contributed by atoms with van der Waals surface area (Å²) < 4.78 is 25.0. The van der Waals surface area contributed by atoms with E-state index in [2.05, 4.69) is 17.4 Å². The van der Waals surface area contributed by atoms with Gasteiger partial charge < -0.3 is 5.32 Å². The second-order valence-electron chi connectivity index (χ2n) is 7.39. The number of sulfone groups is 1. The van der Waals surface area contributed by atoms with E-state index >= 15 is 0 Å². The predicted octanol–water partition coefficient (Wildman–Crippen LogP) is 4.47. The van der Waals surface area contributed by atoms with Crippen LogP contribution in [-0.2, 0) is 22.0 Å². The molecule has 4 rings (SSSR count). The number of rotatable bonds is 5. The molecular weight excluding hydrogens is 382 g/mol. The molecule has 0 spiro atoms. The summed E-state index contributed by atoms with van der Waals surface area (Å²) in [6.45, 7) is 0. The van der Waals surface area contributed by atoms with E-state index < -0.39 is 9.84 Å². The fourth-order valence-electron chi connectivity index (χ4n) is 3.83. The number of amides is 1. The van der Waals surface area contributed by atoms with Crippen molar-refractivity contribution in [3.63, 3.8) is 0 Å². The van der Waals surface area contributed by atoms with Crippen LogP contribution in [0.2, 0.25) is 0 Å². The van der Waals surface area contributed by atoms with E-state index in [0.29, 0.717) is 16.0 Å². The normalized spacial score (nSPS) is 16.1. The molecular formula is C24H23NO3S. The smallest absolute Gasteiger partial charge is 0.251 e. The van der Waals surface area contributed by atoms with Crippen molar-refractivity contribution in [2.24, 2.45) is 0 Å². The van der Waals surface area contributed by atoms with Gasteiger partial charge in [0.05, 0.1) is 16.7 Å². The van der Waals surface area contributed by atoms with Crippen LogP contribution in [-0.4, -0.2) is 14.3 Å².